The second-order valence-electron chi connectivity index (χ2n) is 5.63. The zero-order chi connectivity index (χ0) is 15.5. The molecule has 0 heterocycles. The Morgan fingerprint density at radius 2 is 1.81 bits per heavy atom. The molecule has 1 fully saturated rings. The fourth-order valence-corrected chi connectivity index (χ4v) is 3.28. The van der Waals surface area contributed by atoms with Crippen molar-refractivity contribution in [3.63, 3.8) is 0 Å². The minimum atomic E-state index is -0.848. The van der Waals surface area contributed by atoms with Crippen molar-refractivity contribution in [1.29, 1.82) is 0 Å². The van der Waals surface area contributed by atoms with Crippen LogP contribution in [-0.4, -0.2) is 17.0 Å². The van der Waals surface area contributed by atoms with Crippen molar-refractivity contribution in [3.8, 4) is 0 Å². The number of hydrogen-bond donors (Lipinski definition) is 2. The molecule has 0 saturated heterocycles. The van der Waals surface area contributed by atoms with Crippen molar-refractivity contribution in [2.75, 3.05) is 5.32 Å². The van der Waals surface area contributed by atoms with E-state index < -0.39 is 11.4 Å². The molecule has 1 aliphatic carbocycles. The number of carboxylic acids is 1. The van der Waals surface area contributed by atoms with E-state index in [1.54, 1.807) is 18.2 Å². The molecule has 1 amide bonds. The summed E-state index contributed by atoms with van der Waals surface area (Å²) in [6.45, 7) is 0. The SMILES string of the molecule is O=C(O)CC1(CC(=O)Nc2ccc(Cl)c(Cl)c2)CCCC1. The Labute approximate surface area is 133 Å². The Bertz CT molecular complexity index is 554. The summed E-state index contributed by atoms with van der Waals surface area (Å²) in [5, 5.41) is 12.6. The minimum Gasteiger partial charge on any atom is -0.481 e. The van der Waals surface area contributed by atoms with Crippen LogP contribution in [0.4, 0.5) is 5.69 Å². The number of nitrogens with one attached hydrogen (secondary N) is 1. The maximum atomic E-state index is 12.2. The number of carbonyl (C=O) groups excluding carboxylic acids is 1. The zero-order valence-corrected chi connectivity index (χ0v) is 13.0. The van der Waals surface area contributed by atoms with E-state index in [2.05, 4.69) is 5.32 Å². The maximum Gasteiger partial charge on any atom is 0.303 e. The molecule has 2 rings (SSSR count). The van der Waals surface area contributed by atoms with Crippen LogP contribution in [0.5, 0.6) is 0 Å². The lowest BCUT2D eigenvalue weighted by Gasteiger charge is -2.26. The van der Waals surface area contributed by atoms with Gasteiger partial charge in [0.05, 0.1) is 16.5 Å². The van der Waals surface area contributed by atoms with Gasteiger partial charge >= 0.3 is 5.97 Å². The van der Waals surface area contributed by atoms with Gasteiger partial charge in [-0.15, -0.1) is 0 Å². The highest BCUT2D eigenvalue weighted by Gasteiger charge is 2.37. The fraction of sp³-hybridized carbons (Fsp3) is 0.467. The van der Waals surface area contributed by atoms with Gasteiger partial charge in [-0.2, -0.15) is 0 Å². The van der Waals surface area contributed by atoms with Crippen LogP contribution >= 0.6 is 23.2 Å². The van der Waals surface area contributed by atoms with Gasteiger partial charge < -0.3 is 10.4 Å². The van der Waals surface area contributed by atoms with Gasteiger partial charge in [-0.3, -0.25) is 9.59 Å². The number of halogens is 2. The van der Waals surface area contributed by atoms with Gasteiger partial charge in [-0.05, 0) is 36.5 Å². The number of carboxylic acid groups (broad SMARTS) is 1. The maximum absolute atomic E-state index is 12.2. The summed E-state index contributed by atoms with van der Waals surface area (Å²) in [5.41, 5.74) is 0.157. The first kappa shape index (κ1) is 16.1. The largest absolute Gasteiger partial charge is 0.481 e. The van der Waals surface area contributed by atoms with Gasteiger partial charge in [-0.25, -0.2) is 0 Å². The molecule has 0 aliphatic heterocycles. The first-order valence-corrected chi connectivity index (χ1v) is 7.63. The Hall–Kier alpha value is -1.26. The van der Waals surface area contributed by atoms with E-state index in [0.717, 1.165) is 25.7 Å². The third-order valence-corrected chi connectivity index (χ3v) is 4.67. The number of hydrogen-bond acceptors (Lipinski definition) is 2. The molecular formula is C15H17Cl2NO3. The van der Waals surface area contributed by atoms with Crippen molar-refractivity contribution in [3.05, 3.63) is 28.2 Å². The van der Waals surface area contributed by atoms with Crippen molar-refractivity contribution >= 4 is 40.8 Å². The molecule has 2 N–H and O–H groups in total. The van der Waals surface area contributed by atoms with Crippen molar-refractivity contribution in [2.24, 2.45) is 5.41 Å². The molecule has 0 unspecified atom stereocenters. The standard InChI is InChI=1S/C15H17Cl2NO3/c16-11-4-3-10(7-12(11)17)18-13(19)8-15(9-14(20)21)5-1-2-6-15/h3-4,7H,1-2,5-6,8-9H2,(H,18,19)(H,20,21). The van der Waals surface area contributed by atoms with Gasteiger partial charge in [0.25, 0.3) is 0 Å². The summed E-state index contributed by atoms with van der Waals surface area (Å²) >= 11 is 11.7. The predicted molar refractivity (Wildman–Crippen MR) is 82.9 cm³/mol. The quantitative estimate of drug-likeness (QED) is 0.843. The van der Waals surface area contributed by atoms with Crippen LogP contribution in [0.15, 0.2) is 18.2 Å². The zero-order valence-electron chi connectivity index (χ0n) is 11.5. The summed E-state index contributed by atoms with van der Waals surface area (Å²) in [5.74, 6) is -1.03. The van der Waals surface area contributed by atoms with E-state index >= 15 is 0 Å². The highest BCUT2D eigenvalue weighted by Crippen LogP contribution is 2.44. The van der Waals surface area contributed by atoms with Gasteiger partial charge in [0.2, 0.25) is 5.91 Å². The van der Waals surface area contributed by atoms with Crippen molar-refractivity contribution < 1.29 is 14.7 Å². The molecule has 21 heavy (non-hydrogen) atoms. The highest BCUT2D eigenvalue weighted by molar-refractivity contribution is 6.42. The summed E-state index contributed by atoms with van der Waals surface area (Å²) in [6.07, 6.45) is 3.80. The normalized spacial score (nSPS) is 16.7. The topological polar surface area (TPSA) is 66.4 Å². The predicted octanol–water partition coefficient (Wildman–Crippen LogP) is 4.36. The lowest BCUT2D eigenvalue weighted by atomic mass is 9.79. The van der Waals surface area contributed by atoms with E-state index in [9.17, 15) is 9.59 Å². The molecule has 0 atom stereocenters. The third kappa shape index (κ3) is 4.35. The van der Waals surface area contributed by atoms with Crippen LogP contribution < -0.4 is 5.32 Å². The number of aliphatic carboxylic acids is 1. The van der Waals surface area contributed by atoms with Crippen LogP contribution in [0.2, 0.25) is 10.0 Å². The molecule has 1 aromatic rings. The van der Waals surface area contributed by atoms with Crippen LogP contribution in [0.3, 0.4) is 0 Å². The lowest BCUT2D eigenvalue weighted by Crippen LogP contribution is -2.27. The van der Waals surface area contributed by atoms with Crippen LogP contribution in [0, 0.1) is 5.41 Å². The molecule has 0 aromatic heterocycles. The lowest BCUT2D eigenvalue weighted by molar-refractivity contribution is -0.140. The molecule has 0 bridgehead atoms. The highest BCUT2D eigenvalue weighted by atomic mass is 35.5. The Balaban J connectivity index is 2.02. The van der Waals surface area contributed by atoms with E-state index in [1.807, 2.05) is 0 Å². The molecule has 1 aromatic carbocycles. The second kappa shape index (κ2) is 6.67. The van der Waals surface area contributed by atoms with E-state index in [4.69, 9.17) is 28.3 Å². The van der Waals surface area contributed by atoms with Gasteiger partial charge in [0, 0.05) is 12.1 Å². The first-order chi connectivity index (χ1) is 9.90. The third-order valence-electron chi connectivity index (χ3n) is 3.93. The molecule has 1 aliphatic rings. The smallest absolute Gasteiger partial charge is 0.303 e. The Morgan fingerprint density at radius 1 is 1.14 bits per heavy atom. The van der Waals surface area contributed by atoms with Crippen molar-refractivity contribution in [1.82, 2.24) is 0 Å². The average molecular weight is 330 g/mol. The van der Waals surface area contributed by atoms with Gasteiger partial charge in [0.1, 0.15) is 0 Å². The number of rotatable bonds is 5. The number of benzene rings is 1. The Kier molecular flexibility index (Phi) is 5.12. The van der Waals surface area contributed by atoms with E-state index in [-0.39, 0.29) is 18.7 Å². The van der Waals surface area contributed by atoms with Crippen LogP contribution in [-0.2, 0) is 9.59 Å². The molecular weight excluding hydrogens is 313 g/mol. The van der Waals surface area contributed by atoms with Gasteiger partial charge in [-0.1, -0.05) is 36.0 Å². The van der Waals surface area contributed by atoms with Crippen molar-refractivity contribution in [2.45, 2.75) is 38.5 Å². The first-order valence-electron chi connectivity index (χ1n) is 6.87. The fourth-order valence-electron chi connectivity index (χ4n) is 2.98. The minimum absolute atomic E-state index is 0.0434. The van der Waals surface area contributed by atoms with Gasteiger partial charge in [0.15, 0.2) is 0 Å². The molecule has 114 valence electrons. The second-order valence-corrected chi connectivity index (χ2v) is 6.45. The molecule has 6 heteroatoms. The molecule has 4 nitrogen and oxygen atoms in total. The van der Waals surface area contributed by atoms with Crippen LogP contribution in [0.25, 0.3) is 0 Å². The average Bonchev–Trinajstić information content (AvgIpc) is 2.80. The summed E-state index contributed by atoms with van der Waals surface area (Å²) in [6, 6.07) is 4.87. The van der Waals surface area contributed by atoms with E-state index in [0.29, 0.717) is 15.7 Å². The molecule has 0 radical (unpaired) electrons. The molecule has 0 spiro atoms. The summed E-state index contributed by atoms with van der Waals surface area (Å²) < 4.78 is 0. The number of carbonyl (C=O) groups is 2. The van der Waals surface area contributed by atoms with Crippen LogP contribution in [0.1, 0.15) is 38.5 Å². The summed E-state index contributed by atoms with van der Waals surface area (Å²) in [7, 11) is 0. The van der Waals surface area contributed by atoms with E-state index in [1.165, 1.54) is 0 Å². The Morgan fingerprint density at radius 3 is 2.38 bits per heavy atom. The molecule has 1 saturated carbocycles. The number of anilines is 1. The number of amides is 1. The summed E-state index contributed by atoms with van der Waals surface area (Å²) in [4.78, 5) is 23.2. The monoisotopic (exact) mass is 329 g/mol.